The average Bonchev–Trinajstić information content (AvgIpc) is 3.47. The third kappa shape index (κ3) is 8.37. The number of halogens is 2. The van der Waals surface area contributed by atoms with Crippen molar-refractivity contribution in [3.8, 4) is 23.1 Å². The Balaban J connectivity index is 1.02. The Hall–Kier alpha value is -3.84. The summed E-state index contributed by atoms with van der Waals surface area (Å²) < 4.78 is 2.17. The first-order valence-electron chi connectivity index (χ1n) is 17.8. The molecule has 2 aliphatic heterocycles. The lowest BCUT2D eigenvalue weighted by Crippen LogP contribution is -2.52. The van der Waals surface area contributed by atoms with E-state index in [1.807, 2.05) is 54.6 Å². The van der Waals surface area contributed by atoms with Crippen LogP contribution in [0.25, 0.3) is 11.3 Å². The van der Waals surface area contributed by atoms with Gasteiger partial charge < -0.3 is 20.9 Å². The molecule has 2 fully saturated rings. The third-order valence-electron chi connectivity index (χ3n) is 10.4. The Morgan fingerprint density at radius 2 is 1.60 bits per heavy atom. The molecule has 3 N–H and O–H groups in total. The SMILES string of the molecule is NC(=O)N1CCc2c(c(-c3ccc(Cl)c(C#Cc4ccc(CNCc5ccc(Cl)cc5)cc4)c3)nn2CCCN2CCN(C3CCC3)CC2)C1. The average molecular weight is 711 g/mol. The van der Waals surface area contributed by atoms with Crippen molar-refractivity contribution in [3.63, 3.8) is 0 Å². The standard InChI is InChI=1S/C40H45Cl2N7O/c41-34-14-10-31(11-15-34)27-44-26-30-7-5-29(6-8-30)9-12-32-25-33(13-16-37(32)42)39-36-28-48(40(43)50)20-17-38(36)49(45-39)19-2-18-46-21-23-47(24-22-46)35-3-1-4-35/h5-8,10-11,13-16,25,35,44H,1-4,17-24,26-28H2,(H2,43,50). The van der Waals surface area contributed by atoms with Gasteiger partial charge in [-0.3, -0.25) is 9.58 Å². The van der Waals surface area contributed by atoms with Crippen molar-refractivity contribution < 1.29 is 4.79 Å². The second-order valence-corrected chi connectivity index (χ2v) is 14.5. The first-order valence-corrected chi connectivity index (χ1v) is 18.6. The normalized spacial score (nSPS) is 16.8. The van der Waals surface area contributed by atoms with Crippen molar-refractivity contribution >= 4 is 29.2 Å². The molecule has 3 heterocycles. The molecule has 0 spiro atoms. The van der Waals surface area contributed by atoms with Gasteiger partial charge in [0.05, 0.1) is 17.3 Å². The van der Waals surface area contributed by atoms with Gasteiger partial charge in [-0.2, -0.15) is 5.10 Å². The van der Waals surface area contributed by atoms with Crippen molar-refractivity contribution in [2.75, 3.05) is 39.3 Å². The van der Waals surface area contributed by atoms with Crippen LogP contribution < -0.4 is 11.1 Å². The summed E-state index contributed by atoms with van der Waals surface area (Å²) in [7, 11) is 0. The van der Waals surface area contributed by atoms with Gasteiger partial charge in [-0.25, -0.2) is 4.79 Å². The second kappa shape index (κ2) is 16.0. The number of hydrogen-bond acceptors (Lipinski definition) is 5. The van der Waals surface area contributed by atoms with Crippen LogP contribution in [-0.4, -0.2) is 75.8 Å². The van der Waals surface area contributed by atoms with E-state index in [1.165, 1.54) is 49.2 Å². The summed E-state index contributed by atoms with van der Waals surface area (Å²) in [6.07, 6.45) is 5.91. The van der Waals surface area contributed by atoms with Crippen molar-refractivity contribution in [1.82, 2.24) is 29.8 Å². The number of hydrogen-bond donors (Lipinski definition) is 2. The number of nitrogens with zero attached hydrogens (tertiary/aromatic N) is 5. The first-order chi connectivity index (χ1) is 24.4. The molecule has 1 saturated heterocycles. The van der Waals surface area contributed by atoms with Crippen LogP contribution in [0.15, 0.2) is 66.7 Å². The van der Waals surface area contributed by atoms with Crippen LogP contribution in [0.1, 0.15) is 59.2 Å². The molecule has 260 valence electrons. The molecule has 1 saturated carbocycles. The Bertz CT molecular complexity index is 1850. The van der Waals surface area contributed by atoms with E-state index in [0.29, 0.717) is 18.1 Å². The largest absolute Gasteiger partial charge is 0.351 e. The summed E-state index contributed by atoms with van der Waals surface area (Å²) in [5.74, 6) is 6.58. The highest BCUT2D eigenvalue weighted by atomic mass is 35.5. The van der Waals surface area contributed by atoms with Gasteiger partial charge in [-0.05, 0) is 73.3 Å². The summed E-state index contributed by atoms with van der Waals surface area (Å²) in [4.78, 5) is 19.2. The van der Waals surface area contributed by atoms with Crippen molar-refractivity contribution in [3.05, 3.63) is 110 Å². The number of piperazine rings is 1. The lowest BCUT2D eigenvalue weighted by atomic mass is 9.91. The van der Waals surface area contributed by atoms with Gasteiger partial charge in [0, 0.05) is 97.8 Å². The molecular weight excluding hydrogens is 665 g/mol. The van der Waals surface area contributed by atoms with Crippen LogP contribution in [0.3, 0.4) is 0 Å². The van der Waals surface area contributed by atoms with E-state index < -0.39 is 6.03 Å². The van der Waals surface area contributed by atoms with Gasteiger partial charge >= 0.3 is 6.03 Å². The lowest BCUT2D eigenvalue weighted by Gasteiger charge is -2.43. The monoisotopic (exact) mass is 709 g/mol. The van der Waals surface area contributed by atoms with E-state index in [1.54, 1.807) is 4.90 Å². The summed E-state index contributed by atoms with van der Waals surface area (Å²) in [6.45, 7) is 9.15. The van der Waals surface area contributed by atoms with Crippen LogP contribution in [0.2, 0.25) is 10.0 Å². The number of carbonyl (C=O) groups excluding carboxylic acids is 1. The molecule has 2 amide bonds. The fraction of sp³-hybridized carbons (Fsp3) is 0.400. The molecule has 4 aromatic rings. The fourth-order valence-corrected chi connectivity index (χ4v) is 7.50. The molecule has 0 atom stereocenters. The minimum Gasteiger partial charge on any atom is -0.351 e. The maximum absolute atomic E-state index is 12.2. The van der Waals surface area contributed by atoms with Gasteiger partial charge in [0.25, 0.3) is 0 Å². The van der Waals surface area contributed by atoms with E-state index in [0.717, 1.165) is 91.1 Å². The Morgan fingerprint density at radius 3 is 2.28 bits per heavy atom. The lowest BCUT2D eigenvalue weighted by molar-refractivity contribution is 0.0608. The number of benzene rings is 3. The zero-order valence-electron chi connectivity index (χ0n) is 28.5. The van der Waals surface area contributed by atoms with E-state index in [9.17, 15) is 4.79 Å². The summed E-state index contributed by atoms with van der Waals surface area (Å²) in [5, 5.41) is 9.96. The van der Waals surface area contributed by atoms with Gasteiger partial charge in [0.2, 0.25) is 0 Å². The number of nitrogens with two attached hydrogens (primary N) is 1. The molecule has 8 nitrogen and oxygen atoms in total. The number of carbonyl (C=O) groups is 1. The minimum atomic E-state index is -0.401. The van der Waals surface area contributed by atoms with Gasteiger partial charge in [-0.15, -0.1) is 0 Å². The molecule has 0 bridgehead atoms. The molecule has 1 aliphatic carbocycles. The highest BCUT2D eigenvalue weighted by molar-refractivity contribution is 6.31. The molecule has 3 aromatic carbocycles. The Kier molecular flexibility index (Phi) is 11.1. The molecule has 0 unspecified atom stereocenters. The van der Waals surface area contributed by atoms with Gasteiger partial charge in [-0.1, -0.05) is 71.8 Å². The van der Waals surface area contributed by atoms with Gasteiger partial charge in [0.1, 0.15) is 0 Å². The number of urea groups is 1. The zero-order valence-corrected chi connectivity index (χ0v) is 30.0. The number of aromatic nitrogens is 2. The van der Waals surface area contributed by atoms with Gasteiger partial charge in [0.15, 0.2) is 0 Å². The number of rotatable bonds is 10. The van der Waals surface area contributed by atoms with E-state index >= 15 is 0 Å². The fourth-order valence-electron chi connectivity index (χ4n) is 7.21. The van der Waals surface area contributed by atoms with E-state index in [4.69, 9.17) is 34.0 Å². The van der Waals surface area contributed by atoms with Crippen molar-refractivity contribution in [1.29, 1.82) is 0 Å². The van der Waals surface area contributed by atoms with Crippen LogP contribution in [-0.2, 0) is 32.6 Å². The third-order valence-corrected chi connectivity index (χ3v) is 11.0. The first kappa shape index (κ1) is 34.6. The summed E-state index contributed by atoms with van der Waals surface area (Å²) in [6, 6.07) is 22.5. The predicted molar refractivity (Wildman–Crippen MR) is 201 cm³/mol. The molecule has 7 rings (SSSR count). The van der Waals surface area contributed by atoms with Crippen LogP contribution in [0.5, 0.6) is 0 Å². The second-order valence-electron chi connectivity index (χ2n) is 13.7. The predicted octanol–water partition coefficient (Wildman–Crippen LogP) is 6.54. The highest BCUT2D eigenvalue weighted by Gasteiger charge is 2.29. The Labute approximate surface area is 305 Å². The zero-order chi connectivity index (χ0) is 34.5. The number of primary amides is 1. The molecule has 3 aliphatic rings. The van der Waals surface area contributed by atoms with Crippen LogP contribution in [0, 0.1) is 11.8 Å². The highest BCUT2D eigenvalue weighted by Crippen LogP contribution is 2.32. The smallest absolute Gasteiger partial charge is 0.315 e. The maximum Gasteiger partial charge on any atom is 0.315 e. The maximum atomic E-state index is 12.2. The number of nitrogens with one attached hydrogen (secondary N) is 1. The van der Waals surface area contributed by atoms with Crippen molar-refractivity contribution in [2.45, 2.75) is 64.3 Å². The molecule has 0 radical (unpaired) electrons. The molecule has 50 heavy (non-hydrogen) atoms. The quantitative estimate of drug-likeness (QED) is 0.183. The summed E-state index contributed by atoms with van der Waals surface area (Å²) in [5.41, 5.74) is 13.8. The summed E-state index contributed by atoms with van der Waals surface area (Å²) >= 11 is 12.7. The number of aryl methyl sites for hydroxylation is 1. The molecule has 1 aromatic heterocycles. The number of amides is 2. The minimum absolute atomic E-state index is 0.401. The molecule has 10 heteroatoms. The van der Waals surface area contributed by atoms with E-state index in [-0.39, 0.29) is 0 Å². The van der Waals surface area contributed by atoms with Crippen molar-refractivity contribution in [2.24, 2.45) is 5.73 Å². The van der Waals surface area contributed by atoms with Crippen LogP contribution >= 0.6 is 23.2 Å². The van der Waals surface area contributed by atoms with E-state index in [2.05, 4.69) is 43.8 Å². The number of fused-ring (bicyclic) bond motifs is 1. The van der Waals surface area contributed by atoms with Crippen LogP contribution in [0.4, 0.5) is 4.79 Å². The molecular formula is C40H45Cl2N7O. The Morgan fingerprint density at radius 1 is 0.880 bits per heavy atom. The topological polar surface area (TPSA) is 82.7 Å².